The molecular formula is C12H25NOS. The summed E-state index contributed by atoms with van der Waals surface area (Å²) in [6.45, 7) is 6.47. The zero-order chi connectivity index (χ0) is 11.1. The maximum absolute atomic E-state index is 5.47. The van der Waals surface area contributed by atoms with E-state index in [4.69, 9.17) is 4.74 Å². The lowest BCUT2D eigenvalue weighted by molar-refractivity contribution is 0.174. The van der Waals surface area contributed by atoms with Gasteiger partial charge in [0.05, 0.1) is 6.61 Å². The fourth-order valence-electron chi connectivity index (χ4n) is 2.25. The topological polar surface area (TPSA) is 21.3 Å². The molecule has 1 aliphatic heterocycles. The average Bonchev–Trinajstić information content (AvgIpc) is 2.77. The summed E-state index contributed by atoms with van der Waals surface area (Å²) in [5, 5.41) is 3.80. The summed E-state index contributed by atoms with van der Waals surface area (Å²) in [5.41, 5.74) is 0. The van der Waals surface area contributed by atoms with Crippen LogP contribution in [-0.2, 0) is 4.74 Å². The van der Waals surface area contributed by atoms with E-state index >= 15 is 0 Å². The molecule has 2 nitrogen and oxygen atoms in total. The number of ether oxygens (including phenoxy) is 1. The van der Waals surface area contributed by atoms with E-state index in [0.717, 1.165) is 19.1 Å². The van der Waals surface area contributed by atoms with Gasteiger partial charge in [0.1, 0.15) is 0 Å². The van der Waals surface area contributed by atoms with Gasteiger partial charge in [-0.1, -0.05) is 13.8 Å². The molecule has 90 valence electrons. The van der Waals surface area contributed by atoms with E-state index < -0.39 is 0 Å². The molecule has 3 heteroatoms. The average molecular weight is 231 g/mol. The van der Waals surface area contributed by atoms with Gasteiger partial charge in [0.25, 0.3) is 0 Å². The van der Waals surface area contributed by atoms with Crippen LogP contribution in [0.25, 0.3) is 0 Å². The Morgan fingerprint density at radius 2 is 2.20 bits per heavy atom. The smallest absolute Gasteiger partial charge is 0.0510 e. The molecule has 0 radical (unpaired) electrons. The van der Waals surface area contributed by atoms with Crippen molar-refractivity contribution in [3.8, 4) is 0 Å². The van der Waals surface area contributed by atoms with Gasteiger partial charge >= 0.3 is 0 Å². The van der Waals surface area contributed by atoms with Crippen LogP contribution in [0.4, 0.5) is 0 Å². The highest BCUT2D eigenvalue weighted by Crippen LogP contribution is 2.20. The standard InChI is InChI=1S/C12H25NOS/c1-4-11(9-15-3)13-12(5-2)10-6-7-14-8-10/h10-13H,4-9H2,1-3H3. The second-order valence-corrected chi connectivity index (χ2v) is 5.28. The van der Waals surface area contributed by atoms with Crippen LogP contribution in [0.3, 0.4) is 0 Å². The molecule has 0 amide bonds. The molecule has 1 fully saturated rings. The predicted molar refractivity (Wildman–Crippen MR) is 68.6 cm³/mol. The number of nitrogens with one attached hydrogen (secondary N) is 1. The van der Waals surface area contributed by atoms with Gasteiger partial charge in [-0.25, -0.2) is 0 Å². The van der Waals surface area contributed by atoms with Crippen molar-refractivity contribution in [3.63, 3.8) is 0 Å². The summed E-state index contributed by atoms with van der Waals surface area (Å²) in [6.07, 6.45) is 5.87. The first-order chi connectivity index (χ1) is 7.31. The second kappa shape index (κ2) is 7.53. The molecule has 3 unspecified atom stereocenters. The number of hydrogen-bond acceptors (Lipinski definition) is 3. The van der Waals surface area contributed by atoms with Crippen LogP contribution in [0.15, 0.2) is 0 Å². The lowest BCUT2D eigenvalue weighted by Gasteiger charge is -2.27. The molecule has 1 N–H and O–H groups in total. The van der Waals surface area contributed by atoms with Gasteiger partial charge in [-0.3, -0.25) is 0 Å². The van der Waals surface area contributed by atoms with E-state index in [-0.39, 0.29) is 0 Å². The number of hydrogen-bond donors (Lipinski definition) is 1. The Morgan fingerprint density at radius 1 is 1.40 bits per heavy atom. The lowest BCUT2D eigenvalue weighted by atomic mass is 9.96. The van der Waals surface area contributed by atoms with Crippen molar-refractivity contribution >= 4 is 11.8 Å². The highest BCUT2D eigenvalue weighted by atomic mass is 32.2. The van der Waals surface area contributed by atoms with Crippen LogP contribution in [0.5, 0.6) is 0 Å². The van der Waals surface area contributed by atoms with Gasteiger partial charge in [-0.2, -0.15) is 11.8 Å². The van der Waals surface area contributed by atoms with Gasteiger partial charge in [-0.05, 0) is 31.4 Å². The van der Waals surface area contributed by atoms with E-state index in [9.17, 15) is 0 Å². The minimum Gasteiger partial charge on any atom is -0.381 e. The Labute approximate surface area is 98.5 Å². The SMILES string of the molecule is CCC(CSC)NC(CC)C1CCOC1. The first-order valence-electron chi connectivity index (χ1n) is 6.14. The van der Waals surface area contributed by atoms with Crippen molar-refractivity contribution < 1.29 is 4.74 Å². The summed E-state index contributed by atoms with van der Waals surface area (Å²) >= 11 is 1.94. The molecule has 0 aromatic rings. The normalized spacial score (nSPS) is 25.4. The van der Waals surface area contributed by atoms with Gasteiger partial charge in [0.15, 0.2) is 0 Å². The molecule has 1 saturated heterocycles. The maximum Gasteiger partial charge on any atom is 0.0510 e. The highest BCUT2D eigenvalue weighted by molar-refractivity contribution is 7.98. The Kier molecular flexibility index (Phi) is 6.69. The third-order valence-electron chi connectivity index (χ3n) is 3.28. The summed E-state index contributed by atoms with van der Waals surface area (Å²) in [4.78, 5) is 0. The Hall–Kier alpha value is 0.270. The van der Waals surface area contributed by atoms with E-state index in [1.54, 1.807) is 0 Å². The van der Waals surface area contributed by atoms with Gasteiger partial charge < -0.3 is 10.1 Å². The van der Waals surface area contributed by atoms with Crippen LogP contribution in [0.2, 0.25) is 0 Å². The fourth-order valence-corrected chi connectivity index (χ4v) is 2.98. The van der Waals surface area contributed by atoms with Crippen LogP contribution in [0.1, 0.15) is 33.1 Å². The minimum atomic E-state index is 0.657. The summed E-state index contributed by atoms with van der Waals surface area (Å²) in [5.74, 6) is 1.96. The second-order valence-electron chi connectivity index (χ2n) is 4.37. The third-order valence-corrected chi connectivity index (χ3v) is 4.02. The van der Waals surface area contributed by atoms with E-state index in [0.29, 0.717) is 12.1 Å². The molecule has 3 atom stereocenters. The quantitative estimate of drug-likeness (QED) is 0.727. The number of rotatable bonds is 7. The molecule has 0 spiro atoms. The molecule has 0 aromatic carbocycles. The van der Waals surface area contributed by atoms with Crippen molar-refractivity contribution in [2.24, 2.45) is 5.92 Å². The predicted octanol–water partition coefficient (Wildman–Crippen LogP) is 2.53. The van der Waals surface area contributed by atoms with Crippen molar-refractivity contribution in [3.05, 3.63) is 0 Å². The fraction of sp³-hybridized carbons (Fsp3) is 1.00. The molecule has 0 aliphatic carbocycles. The van der Waals surface area contributed by atoms with Crippen molar-refractivity contribution in [1.29, 1.82) is 0 Å². The Balaban J connectivity index is 2.36. The molecule has 15 heavy (non-hydrogen) atoms. The van der Waals surface area contributed by atoms with Gasteiger partial charge in [0.2, 0.25) is 0 Å². The number of thioether (sulfide) groups is 1. The van der Waals surface area contributed by atoms with Crippen LogP contribution in [0, 0.1) is 5.92 Å². The molecular weight excluding hydrogens is 206 g/mol. The third kappa shape index (κ3) is 4.33. The Bertz CT molecular complexity index is 160. The summed E-state index contributed by atoms with van der Waals surface area (Å²) in [6, 6.07) is 1.33. The maximum atomic E-state index is 5.47. The zero-order valence-corrected chi connectivity index (χ0v) is 11.1. The molecule has 1 rings (SSSR count). The lowest BCUT2D eigenvalue weighted by Crippen LogP contribution is -2.43. The molecule has 1 aliphatic rings. The van der Waals surface area contributed by atoms with E-state index in [2.05, 4.69) is 25.4 Å². The van der Waals surface area contributed by atoms with Crippen LogP contribution in [-0.4, -0.2) is 37.3 Å². The first-order valence-corrected chi connectivity index (χ1v) is 7.53. The largest absolute Gasteiger partial charge is 0.381 e. The van der Waals surface area contributed by atoms with Crippen molar-refractivity contribution in [1.82, 2.24) is 5.32 Å². The van der Waals surface area contributed by atoms with Gasteiger partial charge in [-0.15, -0.1) is 0 Å². The summed E-state index contributed by atoms with van der Waals surface area (Å²) < 4.78 is 5.47. The van der Waals surface area contributed by atoms with Crippen LogP contribution < -0.4 is 5.32 Å². The zero-order valence-electron chi connectivity index (χ0n) is 10.3. The van der Waals surface area contributed by atoms with E-state index in [1.165, 1.54) is 25.0 Å². The Morgan fingerprint density at radius 3 is 2.67 bits per heavy atom. The monoisotopic (exact) mass is 231 g/mol. The van der Waals surface area contributed by atoms with E-state index in [1.807, 2.05) is 11.8 Å². The summed E-state index contributed by atoms with van der Waals surface area (Å²) in [7, 11) is 0. The van der Waals surface area contributed by atoms with Crippen molar-refractivity contribution in [2.45, 2.75) is 45.2 Å². The van der Waals surface area contributed by atoms with Gasteiger partial charge in [0, 0.05) is 24.4 Å². The van der Waals surface area contributed by atoms with Crippen LogP contribution >= 0.6 is 11.8 Å². The van der Waals surface area contributed by atoms with Crippen molar-refractivity contribution in [2.75, 3.05) is 25.2 Å². The molecule has 0 bridgehead atoms. The highest BCUT2D eigenvalue weighted by Gasteiger charge is 2.25. The first kappa shape index (κ1) is 13.3. The molecule has 1 heterocycles. The molecule has 0 aromatic heterocycles. The minimum absolute atomic E-state index is 0.657. The molecule has 0 saturated carbocycles.